The van der Waals surface area contributed by atoms with Crippen molar-refractivity contribution in [3.05, 3.63) is 77.1 Å². The van der Waals surface area contributed by atoms with Gasteiger partial charge in [-0.2, -0.15) is 8.78 Å². The number of hydrogen-bond acceptors (Lipinski definition) is 3. The van der Waals surface area contributed by atoms with Gasteiger partial charge in [0.15, 0.2) is 0 Å². The van der Waals surface area contributed by atoms with Gasteiger partial charge in [-0.1, -0.05) is 61.0 Å². The Morgan fingerprint density at radius 3 is 2.55 bits per heavy atom. The Kier molecular flexibility index (Phi) is 7.91. The van der Waals surface area contributed by atoms with Gasteiger partial charge >= 0.3 is 6.61 Å². The van der Waals surface area contributed by atoms with E-state index in [0.29, 0.717) is 33.0 Å². The van der Waals surface area contributed by atoms with Crippen LogP contribution in [0.15, 0.2) is 65.6 Å². The average molecular weight is 558 g/mol. The van der Waals surface area contributed by atoms with E-state index in [2.05, 4.69) is 36.2 Å². The van der Waals surface area contributed by atoms with Gasteiger partial charge in [0.25, 0.3) is 0 Å². The highest BCUT2D eigenvalue weighted by Crippen LogP contribution is 2.45. The van der Waals surface area contributed by atoms with Crippen LogP contribution in [0, 0.1) is 5.92 Å². The molecule has 0 saturated heterocycles. The molecule has 2 atom stereocenters. The number of thiol groups is 1. The number of imidazole rings is 1. The number of nitrogens with two attached hydrogens (primary N) is 1. The molecule has 9 heteroatoms. The summed E-state index contributed by atoms with van der Waals surface area (Å²) in [4.78, 5) is 21.5. The van der Waals surface area contributed by atoms with Crippen LogP contribution in [-0.2, 0) is 4.79 Å². The molecule has 3 aromatic carbocycles. The van der Waals surface area contributed by atoms with E-state index in [4.69, 9.17) is 27.1 Å². The summed E-state index contributed by atoms with van der Waals surface area (Å²) in [5.41, 5.74) is 8.82. The lowest BCUT2D eigenvalue weighted by atomic mass is 9.95. The van der Waals surface area contributed by atoms with Crippen molar-refractivity contribution >= 4 is 39.4 Å². The van der Waals surface area contributed by atoms with Crippen LogP contribution in [0.2, 0.25) is 5.02 Å². The molecule has 1 saturated carbocycles. The second kappa shape index (κ2) is 11.3. The van der Waals surface area contributed by atoms with E-state index in [1.54, 1.807) is 30.3 Å². The number of nitrogens with zero attached hydrogens (tertiary/aromatic N) is 1. The first kappa shape index (κ1) is 26.5. The van der Waals surface area contributed by atoms with Crippen LogP contribution in [0.3, 0.4) is 0 Å². The van der Waals surface area contributed by atoms with Crippen molar-refractivity contribution in [2.24, 2.45) is 11.7 Å². The van der Waals surface area contributed by atoms with Gasteiger partial charge in [0.05, 0.1) is 22.0 Å². The molecule has 1 aliphatic carbocycles. The zero-order valence-electron chi connectivity index (χ0n) is 21.0. The number of rotatable bonds is 11. The fraction of sp³-hybridized carbons (Fsp3) is 0.310. The lowest BCUT2D eigenvalue weighted by Crippen LogP contribution is -2.17. The molecule has 5 rings (SSSR count). The number of carbonyl (C=O) groups is 1. The van der Waals surface area contributed by atoms with Gasteiger partial charge < -0.3 is 15.5 Å². The number of ether oxygens (including phenoxy) is 1. The molecule has 3 N–H and O–H groups in total. The van der Waals surface area contributed by atoms with Crippen molar-refractivity contribution in [3.8, 4) is 16.9 Å². The minimum Gasteiger partial charge on any atom is -0.434 e. The maximum Gasteiger partial charge on any atom is 0.387 e. The molecule has 1 amide bonds. The predicted octanol–water partition coefficient (Wildman–Crippen LogP) is 7.28. The molecule has 1 fully saturated rings. The van der Waals surface area contributed by atoms with Crippen LogP contribution in [0.25, 0.3) is 22.2 Å². The van der Waals surface area contributed by atoms with Crippen LogP contribution in [-0.4, -0.2) is 34.0 Å². The van der Waals surface area contributed by atoms with E-state index in [1.807, 2.05) is 0 Å². The maximum atomic E-state index is 13.0. The lowest BCUT2D eigenvalue weighted by molar-refractivity contribution is -0.118. The van der Waals surface area contributed by atoms with Gasteiger partial charge in [0, 0.05) is 17.5 Å². The molecule has 1 aliphatic rings. The van der Waals surface area contributed by atoms with E-state index in [9.17, 15) is 13.6 Å². The van der Waals surface area contributed by atoms with Crippen molar-refractivity contribution in [3.63, 3.8) is 0 Å². The normalized spacial score (nSPS) is 15.6. The molecule has 0 spiro atoms. The fourth-order valence-corrected chi connectivity index (χ4v) is 7.48. The van der Waals surface area contributed by atoms with Crippen LogP contribution in [0.4, 0.5) is 8.78 Å². The number of fused-ring (bicyclic) bond motifs is 1. The number of aromatic amines is 1. The largest absolute Gasteiger partial charge is 0.434 e. The maximum absolute atomic E-state index is 13.0. The average Bonchev–Trinajstić information content (AvgIpc) is 3.62. The number of carbonyl (C=O) groups excluding carboxylic acids is 1. The van der Waals surface area contributed by atoms with E-state index in [0.717, 1.165) is 17.2 Å². The van der Waals surface area contributed by atoms with Crippen LogP contribution < -0.4 is 10.5 Å². The fourth-order valence-electron chi connectivity index (χ4n) is 4.83. The van der Waals surface area contributed by atoms with Crippen molar-refractivity contribution in [1.29, 1.82) is 0 Å². The first-order chi connectivity index (χ1) is 18.3. The molecule has 200 valence electrons. The third kappa shape index (κ3) is 5.97. The highest BCUT2D eigenvalue weighted by Gasteiger charge is 2.25. The van der Waals surface area contributed by atoms with Gasteiger partial charge in [0.2, 0.25) is 5.91 Å². The smallest absolute Gasteiger partial charge is 0.387 e. The molecule has 1 aromatic heterocycles. The van der Waals surface area contributed by atoms with Crippen molar-refractivity contribution in [2.45, 2.75) is 43.6 Å². The minimum absolute atomic E-state index is 0.0314. The molecular formula is C29H30ClF2N3O2S. The van der Waals surface area contributed by atoms with E-state index >= 15 is 0 Å². The molecule has 4 aromatic rings. The zero-order valence-corrected chi connectivity index (χ0v) is 22.6. The van der Waals surface area contributed by atoms with Crippen LogP contribution >= 0.6 is 22.5 Å². The molecular weight excluding hydrogens is 528 g/mol. The number of alkyl halides is 2. The molecule has 5 nitrogen and oxygen atoms in total. The molecule has 1 heterocycles. The number of nitrogens with one attached hydrogen (secondary N) is 1. The Bertz CT molecular complexity index is 1440. The number of H-pyrrole nitrogens is 1. The highest BCUT2D eigenvalue weighted by molar-refractivity contribution is 8.17. The predicted molar refractivity (Wildman–Crippen MR) is 151 cm³/mol. The Morgan fingerprint density at radius 2 is 1.89 bits per heavy atom. The molecule has 0 radical (unpaired) electrons. The standard InChI is InChI=1S/C29H30ClF2N3O2S/c1-2-38(16-17-7-8-17)19-11-9-18(10-12-19)21(14-27(33)36)28-34-24-13-22(23(30)15-25(24)35-28)20-5-3-4-6-26(20)37-29(31)32/h3-6,9-13,15,17,21,29,38H,2,7-8,14,16H2,1H3,(H2,33,36)(H,34,35). The van der Waals surface area contributed by atoms with E-state index in [-0.39, 0.29) is 29.0 Å². The van der Waals surface area contributed by atoms with Crippen LogP contribution in [0.5, 0.6) is 5.75 Å². The third-order valence-corrected chi connectivity index (χ3v) is 10.00. The highest BCUT2D eigenvalue weighted by atomic mass is 35.5. The third-order valence-electron chi connectivity index (χ3n) is 6.94. The number of halogens is 3. The van der Waals surface area contributed by atoms with Gasteiger partial charge in [-0.05, 0) is 58.9 Å². The van der Waals surface area contributed by atoms with Gasteiger partial charge in [0.1, 0.15) is 11.6 Å². The number of hydrogen-bond donors (Lipinski definition) is 3. The monoisotopic (exact) mass is 557 g/mol. The number of benzene rings is 3. The first-order valence-corrected chi connectivity index (χ1v) is 14.8. The summed E-state index contributed by atoms with van der Waals surface area (Å²) in [7, 11) is -0.174. The lowest BCUT2D eigenvalue weighted by Gasteiger charge is -2.21. The molecule has 0 bridgehead atoms. The first-order valence-electron chi connectivity index (χ1n) is 12.7. The van der Waals surface area contributed by atoms with E-state index in [1.165, 1.54) is 29.6 Å². The Hall–Kier alpha value is -3.10. The van der Waals surface area contributed by atoms with Crippen LogP contribution in [0.1, 0.15) is 43.5 Å². The SMILES string of the molecule is CC[SH](CC1CC1)c1ccc(C(CC(N)=O)c2nc3cc(Cl)c(-c4ccccc4OC(F)F)cc3[nH]2)cc1. The van der Waals surface area contributed by atoms with Gasteiger partial charge in [-0.25, -0.2) is 15.9 Å². The Balaban J connectivity index is 1.49. The van der Waals surface area contributed by atoms with Crippen molar-refractivity contribution < 1.29 is 18.3 Å². The van der Waals surface area contributed by atoms with Crippen molar-refractivity contribution in [1.82, 2.24) is 9.97 Å². The molecule has 38 heavy (non-hydrogen) atoms. The summed E-state index contributed by atoms with van der Waals surface area (Å²) in [5.74, 6) is 3.16. The topological polar surface area (TPSA) is 81.0 Å². The summed E-state index contributed by atoms with van der Waals surface area (Å²) in [5, 5.41) is 0.347. The Labute approximate surface area is 228 Å². The second-order valence-corrected chi connectivity index (χ2v) is 12.6. The summed E-state index contributed by atoms with van der Waals surface area (Å²) in [6.07, 6.45) is 2.79. The minimum atomic E-state index is -2.96. The number of para-hydroxylation sites is 1. The molecule has 2 unspecified atom stereocenters. The zero-order chi connectivity index (χ0) is 26.8. The number of primary amides is 1. The number of aromatic nitrogens is 2. The van der Waals surface area contributed by atoms with Crippen molar-refractivity contribution in [2.75, 3.05) is 11.5 Å². The van der Waals surface area contributed by atoms with Gasteiger partial charge in [-0.3, -0.25) is 4.79 Å². The summed E-state index contributed by atoms with van der Waals surface area (Å²) in [6.45, 7) is -0.704. The van der Waals surface area contributed by atoms with Gasteiger partial charge in [-0.15, -0.1) is 0 Å². The summed E-state index contributed by atoms with van der Waals surface area (Å²) in [6, 6.07) is 18.5. The summed E-state index contributed by atoms with van der Waals surface area (Å²) >= 11 is 6.57. The summed E-state index contributed by atoms with van der Waals surface area (Å²) < 4.78 is 30.6. The Morgan fingerprint density at radius 1 is 1.16 bits per heavy atom. The quantitative estimate of drug-likeness (QED) is 0.169. The molecule has 0 aliphatic heterocycles. The second-order valence-electron chi connectivity index (χ2n) is 9.64. The number of amides is 1. The van der Waals surface area contributed by atoms with E-state index < -0.39 is 12.5 Å².